The first-order valence-corrected chi connectivity index (χ1v) is 6.82. The van der Waals surface area contributed by atoms with Gasteiger partial charge in [0.1, 0.15) is 11.6 Å². The predicted octanol–water partition coefficient (Wildman–Crippen LogP) is 2.75. The van der Waals surface area contributed by atoms with Crippen molar-refractivity contribution >= 4 is 11.6 Å². The Bertz CT molecular complexity index is 379. The van der Waals surface area contributed by atoms with Crippen LogP contribution in [0.2, 0.25) is 0 Å². The normalized spacial score (nSPS) is 27.2. The van der Waals surface area contributed by atoms with E-state index in [1.165, 1.54) is 32.4 Å². The second kappa shape index (κ2) is 4.55. The van der Waals surface area contributed by atoms with E-state index >= 15 is 0 Å². The lowest BCUT2D eigenvalue weighted by Gasteiger charge is -2.19. The van der Waals surface area contributed by atoms with Crippen LogP contribution in [-0.4, -0.2) is 24.6 Å². The number of hydrogen-bond donors (Lipinski definition) is 1. The summed E-state index contributed by atoms with van der Waals surface area (Å²) in [5, 5.41) is 3.28. The van der Waals surface area contributed by atoms with Crippen molar-refractivity contribution in [2.75, 3.05) is 29.9 Å². The zero-order valence-corrected chi connectivity index (χ0v) is 10.5. The number of nitrogens with zero attached hydrogens (tertiary/aromatic N) is 2. The molecule has 92 valence electrons. The minimum absolute atomic E-state index is 0.930. The van der Waals surface area contributed by atoms with Gasteiger partial charge >= 0.3 is 0 Å². The van der Waals surface area contributed by atoms with E-state index in [-0.39, 0.29) is 0 Å². The summed E-state index contributed by atoms with van der Waals surface area (Å²) in [6, 6.07) is 6.29. The molecular formula is C14H21N3. The van der Waals surface area contributed by atoms with Crippen LogP contribution in [0.4, 0.5) is 11.6 Å². The molecule has 2 atom stereocenters. The summed E-state index contributed by atoms with van der Waals surface area (Å²) >= 11 is 0. The Hall–Kier alpha value is -1.25. The Morgan fingerprint density at radius 3 is 2.76 bits per heavy atom. The summed E-state index contributed by atoms with van der Waals surface area (Å²) in [7, 11) is 0. The number of fused-ring (bicyclic) bond motifs is 1. The molecule has 3 nitrogen and oxygen atoms in total. The van der Waals surface area contributed by atoms with E-state index in [0.717, 1.165) is 30.0 Å². The van der Waals surface area contributed by atoms with Gasteiger partial charge in [0, 0.05) is 19.6 Å². The molecule has 17 heavy (non-hydrogen) atoms. The average Bonchev–Trinajstić information content (AvgIpc) is 2.89. The third-order valence-corrected chi connectivity index (χ3v) is 4.14. The molecule has 3 heteroatoms. The van der Waals surface area contributed by atoms with Gasteiger partial charge in [0.2, 0.25) is 0 Å². The molecule has 1 aliphatic carbocycles. The smallest absolute Gasteiger partial charge is 0.130 e. The van der Waals surface area contributed by atoms with Gasteiger partial charge in [-0.1, -0.05) is 12.5 Å². The van der Waals surface area contributed by atoms with Gasteiger partial charge < -0.3 is 10.2 Å². The second-order valence-electron chi connectivity index (χ2n) is 5.27. The minimum atomic E-state index is 0.930. The summed E-state index contributed by atoms with van der Waals surface area (Å²) in [5.74, 6) is 4.01. The fourth-order valence-electron chi connectivity index (χ4n) is 3.30. The molecule has 0 spiro atoms. The first-order chi connectivity index (χ1) is 8.36. The van der Waals surface area contributed by atoms with Crippen molar-refractivity contribution in [2.45, 2.75) is 26.2 Å². The molecule has 2 heterocycles. The maximum Gasteiger partial charge on any atom is 0.130 e. The van der Waals surface area contributed by atoms with E-state index in [1.807, 2.05) is 6.07 Å². The van der Waals surface area contributed by atoms with Gasteiger partial charge in [-0.15, -0.1) is 0 Å². The maximum atomic E-state index is 4.69. The van der Waals surface area contributed by atoms with Crippen molar-refractivity contribution in [3.8, 4) is 0 Å². The second-order valence-corrected chi connectivity index (χ2v) is 5.27. The number of hydrogen-bond acceptors (Lipinski definition) is 3. The van der Waals surface area contributed by atoms with E-state index < -0.39 is 0 Å². The topological polar surface area (TPSA) is 28.2 Å². The van der Waals surface area contributed by atoms with Gasteiger partial charge in [-0.05, 0) is 43.7 Å². The van der Waals surface area contributed by atoms with Crippen molar-refractivity contribution in [2.24, 2.45) is 11.8 Å². The summed E-state index contributed by atoms with van der Waals surface area (Å²) < 4.78 is 0. The summed E-state index contributed by atoms with van der Waals surface area (Å²) in [5.41, 5.74) is 0. The van der Waals surface area contributed by atoms with Crippen LogP contribution in [0.5, 0.6) is 0 Å². The van der Waals surface area contributed by atoms with Gasteiger partial charge in [-0.25, -0.2) is 4.98 Å². The fourth-order valence-corrected chi connectivity index (χ4v) is 3.30. The van der Waals surface area contributed by atoms with Gasteiger partial charge in [-0.2, -0.15) is 0 Å². The van der Waals surface area contributed by atoms with Gasteiger partial charge in [0.25, 0.3) is 0 Å². The summed E-state index contributed by atoms with van der Waals surface area (Å²) in [6.45, 7) is 5.47. The molecule has 2 fully saturated rings. The van der Waals surface area contributed by atoms with Crippen molar-refractivity contribution in [3.63, 3.8) is 0 Å². The van der Waals surface area contributed by atoms with Crippen LogP contribution in [0, 0.1) is 11.8 Å². The lowest BCUT2D eigenvalue weighted by Crippen LogP contribution is -2.22. The Kier molecular flexibility index (Phi) is 2.91. The van der Waals surface area contributed by atoms with Crippen LogP contribution in [-0.2, 0) is 0 Å². The van der Waals surface area contributed by atoms with E-state index in [9.17, 15) is 0 Å². The molecule has 2 aliphatic rings. The molecule has 0 radical (unpaired) electrons. The Labute approximate surface area is 103 Å². The van der Waals surface area contributed by atoms with Gasteiger partial charge in [0.05, 0.1) is 0 Å². The molecule has 1 N–H and O–H groups in total. The lowest BCUT2D eigenvalue weighted by molar-refractivity contribution is 0.494. The first kappa shape index (κ1) is 10.9. The largest absolute Gasteiger partial charge is 0.370 e. The molecule has 1 saturated heterocycles. The van der Waals surface area contributed by atoms with Crippen molar-refractivity contribution in [1.82, 2.24) is 4.98 Å². The number of pyridine rings is 1. The third kappa shape index (κ3) is 2.11. The molecule has 0 amide bonds. The highest BCUT2D eigenvalue weighted by Gasteiger charge is 2.36. The summed E-state index contributed by atoms with van der Waals surface area (Å²) in [6.07, 6.45) is 4.29. The number of nitrogens with one attached hydrogen (secondary N) is 1. The fraction of sp³-hybridized carbons (Fsp3) is 0.643. The van der Waals surface area contributed by atoms with Crippen LogP contribution in [0.25, 0.3) is 0 Å². The Morgan fingerprint density at radius 2 is 2.06 bits per heavy atom. The van der Waals surface area contributed by atoms with Crippen LogP contribution in [0.3, 0.4) is 0 Å². The third-order valence-electron chi connectivity index (χ3n) is 4.14. The van der Waals surface area contributed by atoms with E-state index in [4.69, 9.17) is 0 Å². The van der Waals surface area contributed by atoms with Crippen LogP contribution in [0.15, 0.2) is 18.2 Å². The molecule has 2 unspecified atom stereocenters. The predicted molar refractivity (Wildman–Crippen MR) is 71.4 cm³/mol. The average molecular weight is 231 g/mol. The van der Waals surface area contributed by atoms with E-state index in [0.29, 0.717) is 0 Å². The van der Waals surface area contributed by atoms with Crippen LogP contribution in [0.1, 0.15) is 26.2 Å². The number of anilines is 2. The first-order valence-electron chi connectivity index (χ1n) is 6.82. The zero-order valence-electron chi connectivity index (χ0n) is 10.5. The Morgan fingerprint density at radius 1 is 1.29 bits per heavy atom. The quantitative estimate of drug-likeness (QED) is 0.867. The maximum absolute atomic E-state index is 4.69. The van der Waals surface area contributed by atoms with Crippen LogP contribution < -0.4 is 10.2 Å². The molecule has 3 rings (SSSR count). The highest BCUT2D eigenvalue weighted by atomic mass is 15.2. The molecule has 0 aromatic carbocycles. The Balaban J connectivity index is 1.74. The van der Waals surface area contributed by atoms with Crippen LogP contribution >= 0.6 is 0 Å². The lowest BCUT2D eigenvalue weighted by atomic mass is 10.0. The molecule has 1 aromatic rings. The van der Waals surface area contributed by atoms with Crippen molar-refractivity contribution in [3.05, 3.63) is 18.2 Å². The highest BCUT2D eigenvalue weighted by Crippen LogP contribution is 2.39. The number of aromatic nitrogens is 1. The minimum Gasteiger partial charge on any atom is -0.370 e. The van der Waals surface area contributed by atoms with E-state index in [2.05, 4.69) is 34.3 Å². The monoisotopic (exact) mass is 231 g/mol. The molecule has 1 saturated carbocycles. The SMILES string of the molecule is CCNc1cccc(N2CC3CCCC3C2)n1. The van der Waals surface area contributed by atoms with Crippen molar-refractivity contribution in [1.29, 1.82) is 0 Å². The molecular weight excluding hydrogens is 210 g/mol. The number of rotatable bonds is 3. The van der Waals surface area contributed by atoms with E-state index in [1.54, 1.807) is 0 Å². The van der Waals surface area contributed by atoms with Gasteiger partial charge in [0.15, 0.2) is 0 Å². The van der Waals surface area contributed by atoms with Crippen molar-refractivity contribution < 1.29 is 0 Å². The zero-order chi connectivity index (χ0) is 11.7. The molecule has 1 aliphatic heterocycles. The molecule has 0 bridgehead atoms. The standard InChI is InChI=1S/C14H21N3/c1-2-15-13-7-4-8-14(16-13)17-9-11-5-3-6-12(11)10-17/h4,7-8,11-12H,2-3,5-6,9-10H2,1H3,(H,15,16). The van der Waals surface area contributed by atoms with Gasteiger partial charge in [-0.3, -0.25) is 0 Å². The summed E-state index contributed by atoms with van der Waals surface area (Å²) in [4.78, 5) is 7.15. The highest BCUT2D eigenvalue weighted by molar-refractivity contribution is 5.48. The molecule has 1 aromatic heterocycles.